The zero-order valence-corrected chi connectivity index (χ0v) is 10.5. The highest BCUT2D eigenvalue weighted by atomic mass is 32.2. The van der Waals surface area contributed by atoms with Crippen LogP contribution in [0.5, 0.6) is 5.75 Å². The Kier molecular flexibility index (Phi) is 3.09. The molecule has 2 rings (SSSR count). The second-order valence-corrected chi connectivity index (χ2v) is 6.95. The lowest BCUT2D eigenvalue weighted by Crippen LogP contribution is -2.42. The molecule has 1 fully saturated rings. The first-order valence-electron chi connectivity index (χ1n) is 5.48. The average Bonchev–Trinajstić information content (AvgIpc) is 2.53. The van der Waals surface area contributed by atoms with Crippen LogP contribution in [-0.2, 0) is 16.4 Å². The van der Waals surface area contributed by atoms with E-state index in [-0.39, 0.29) is 22.8 Å². The number of pyridine rings is 1. The van der Waals surface area contributed by atoms with Gasteiger partial charge in [-0.05, 0) is 25.5 Å². The standard InChI is InChI=1S/C11H16N2O3S/c1-11(4-5-17(15,16)8-11)13-6-9-2-3-10(14)7-12-9/h2-3,7,13-14H,4-6,8H2,1H3. The normalized spacial score (nSPS) is 27.1. The van der Waals surface area contributed by atoms with E-state index in [1.54, 1.807) is 12.1 Å². The van der Waals surface area contributed by atoms with Gasteiger partial charge in [-0.2, -0.15) is 0 Å². The van der Waals surface area contributed by atoms with E-state index in [0.717, 1.165) is 5.69 Å². The smallest absolute Gasteiger partial charge is 0.152 e. The Bertz CT molecular complexity index is 498. The predicted molar refractivity (Wildman–Crippen MR) is 64.4 cm³/mol. The maximum Gasteiger partial charge on any atom is 0.152 e. The van der Waals surface area contributed by atoms with E-state index >= 15 is 0 Å². The third-order valence-corrected chi connectivity index (χ3v) is 4.91. The van der Waals surface area contributed by atoms with Crippen molar-refractivity contribution in [2.45, 2.75) is 25.4 Å². The average molecular weight is 256 g/mol. The van der Waals surface area contributed by atoms with Crippen LogP contribution in [0, 0.1) is 0 Å². The summed E-state index contributed by atoms with van der Waals surface area (Å²) in [7, 11) is -2.89. The molecule has 1 aliphatic heterocycles. The van der Waals surface area contributed by atoms with Gasteiger partial charge in [-0.25, -0.2) is 8.42 Å². The summed E-state index contributed by atoms with van der Waals surface area (Å²) >= 11 is 0. The van der Waals surface area contributed by atoms with Crippen LogP contribution in [0.4, 0.5) is 0 Å². The van der Waals surface area contributed by atoms with Crippen molar-refractivity contribution in [1.29, 1.82) is 0 Å². The van der Waals surface area contributed by atoms with Crippen molar-refractivity contribution in [3.05, 3.63) is 24.0 Å². The summed E-state index contributed by atoms with van der Waals surface area (Å²) in [6.07, 6.45) is 2.01. The van der Waals surface area contributed by atoms with E-state index in [1.807, 2.05) is 6.92 Å². The summed E-state index contributed by atoms with van der Waals surface area (Å²) in [6, 6.07) is 3.28. The van der Waals surface area contributed by atoms with Crippen molar-refractivity contribution in [3.8, 4) is 5.75 Å². The number of sulfone groups is 1. The summed E-state index contributed by atoms with van der Waals surface area (Å²) in [5.41, 5.74) is 0.423. The first-order valence-corrected chi connectivity index (χ1v) is 7.30. The lowest BCUT2D eigenvalue weighted by atomic mass is 10.0. The van der Waals surface area contributed by atoms with Gasteiger partial charge < -0.3 is 10.4 Å². The minimum absolute atomic E-state index is 0.128. The molecule has 17 heavy (non-hydrogen) atoms. The number of rotatable bonds is 3. The molecule has 1 aliphatic rings. The van der Waals surface area contributed by atoms with Crippen molar-refractivity contribution < 1.29 is 13.5 Å². The van der Waals surface area contributed by atoms with Gasteiger partial charge >= 0.3 is 0 Å². The minimum Gasteiger partial charge on any atom is -0.506 e. The second-order valence-electron chi connectivity index (χ2n) is 4.76. The number of hydrogen-bond donors (Lipinski definition) is 2. The van der Waals surface area contributed by atoms with Gasteiger partial charge in [-0.1, -0.05) is 0 Å². The summed E-state index contributed by atoms with van der Waals surface area (Å²) in [6.45, 7) is 2.42. The van der Waals surface area contributed by atoms with Crippen LogP contribution in [0.3, 0.4) is 0 Å². The van der Waals surface area contributed by atoms with E-state index in [4.69, 9.17) is 5.11 Å². The molecule has 0 spiro atoms. The molecule has 1 aromatic rings. The molecule has 1 atom stereocenters. The maximum absolute atomic E-state index is 11.4. The van der Waals surface area contributed by atoms with Crippen molar-refractivity contribution in [1.82, 2.24) is 10.3 Å². The molecule has 6 heteroatoms. The van der Waals surface area contributed by atoms with Crippen LogP contribution in [0.2, 0.25) is 0 Å². The molecule has 5 nitrogen and oxygen atoms in total. The van der Waals surface area contributed by atoms with Crippen LogP contribution in [0.1, 0.15) is 19.0 Å². The second kappa shape index (κ2) is 4.27. The zero-order valence-electron chi connectivity index (χ0n) is 9.68. The Balaban J connectivity index is 1.97. The monoisotopic (exact) mass is 256 g/mol. The molecule has 0 bridgehead atoms. The van der Waals surface area contributed by atoms with E-state index in [9.17, 15) is 8.42 Å². The van der Waals surface area contributed by atoms with Crippen molar-refractivity contribution >= 4 is 9.84 Å². The molecule has 94 valence electrons. The Morgan fingerprint density at radius 3 is 2.82 bits per heavy atom. The highest BCUT2D eigenvalue weighted by Crippen LogP contribution is 2.23. The molecular weight excluding hydrogens is 240 g/mol. The van der Waals surface area contributed by atoms with Gasteiger partial charge in [0.1, 0.15) is 5.75 Å². The molecule has 0 aromatic carbocycles. The van der Waals surface area contributed by atoms with Crippen molar-refractivity contribution in [2.24, 2.45) is 0 Å². The van der Waals surface area contributed by atoms with Crippen molar-refractivity contribution in [3.63, 3.8) is 0 Å². The van der Waals surface area contributed by atoms with Gasteiger partial charge in [0.15, 0.2) is 9.84 Å². The predicted octanol–water partition coefficient (Wildman–Crippen LogP) is 0.454. The SMILES string of the molecule is CC1(NCc2ccc(O)cn2)CCS(=O)(=O)C1. The number of nitrogens with one attached hydrogen (secondary N) is 1. The fourth-order valence-electron chi connectivity index (χ4n) is 1.98. The van der Waals surface area contributed by atoms with Gasteiger partial charge in [0.2, 0.25) is 0 Å². The van der Waals surface area contributed by atoms with Crippen LogP contribution in [0.15, 0.2) is 18.3 Å². The van der Waals surface area contributed by atoms with Crippen molar-refractivity contribution in [2.75, 3.05) is 11.5 Å². The third-order valence-electron chi connectivity index (χ3n) is 3.01. The number of aromatic hydroxyl groups is 1. The van der Waals surface area contributed by atoms with Gasteiger partial charge in [0, 0.05) is 12.1 Å². The lowest BCUT2D eigenvalue weighted by Gasteiger charge is -2.23. The molecule has 0 radical (unpaired) electrons. The minimum atomic E-state index is -2.89. The van der Waals surface area contributed by atoms with E-state index < -0.39 is 9.84 Å². The topological polar surface area (TPSA) is 79.3 Å². The Labute approximate surface area is 101 Å². The van der Waals surface area contributed by atoms with E-state index in [0.29, 0.717) is 13.0 Å². The third kappa shape index (κ3) is 3.17. The molecule has 0 aliphatic carbocycles. The summed E-state index contributed by atoms with van der Waals surface area (Å²) in [5.74, 6) is 0.556. The van der Waals surface area contributed by atoms with Gasteiger partial charge in [0.25, 0.3) is 0 Å². The molecule has 0 saturated carbocycles. The lowest BCUT2D eigenvalue weighted by molar-refractivity contribution is 0.392. The Hall–Kier alpha value is -1.14. The zero-order chi connectivity index (χ0) is 12.5. The summed E-state index contributed by atoms with van der Waals surface area (Å²) in [5, 5.41) is 12.3. The number of hydrogen-bond acceptors (Lipinski definition) is 5. The van der Waals surface area contributed by atoms with Gasteiger partial charge in [0.05, 0.1) is 23.4 Å². The van der Waals surface area contributed by atoms with Crippen LogP contribution in [-0.4, -0.2) is 35.6 Å². The fraction of sp³-hybridized carbons (Fsp3) is 0.545. The molecule has 1 aromatic heterocycles. The van der Waals surface area contributed by atoms with E-state index in [1.165, 1.54) is 6.20 Å². The first kappa shape index (κ1) is 12.3. The maximum atomic E-state index is 11.4. The van der Waals surface area contributed by atoms with Gasteiger partial charge in [-0.3, -0.25) is 4.98 Å². The molecular formula is C11H16N2O3S. The van der Waals surface area contributed by atoms with E-state index in [2.05, 4.69) is 10.3 Å². The molecule has 1 saturated heterocycles. The fourth-order valence-corrected chi connectivity index (χ4v) is 4.10. The Morgan fingerprint density at radius 2 is 2.29 bits per heavy atom. The molecule has 2 heterocycles. The highest BCUT2D eigenvalue weighted by molar-refractivity contribution is 7.91. The summed E-state index contributed by atoms with van der Waals surface area (Å²) in [4.78, 5) is 4.04. The summed E-state index contributed by atoms with van der Waals surface area (Å²) < 4.78 is 22.8. The highest BCUT2D eigenvalue weighted by Gasteiger charge is 2.37. The van der Waals surface area contributed by atoms with Gasteiger partial charge in [-0.15, -0.1) is 0 Å². The largest absolute Gasteiger partial charge is 0.506 e. The molecule has 0 amide bonds. The molecule has 1 unspecified atom stereocenters. The van der Waals surface area contributed by atoms with Crippen LogP contribution < -0.4 is 5.32 Å². The van der Waals surface area contributed by atoms with Crippen LogP contribution >= 0.6 is 0 Å². The Morgan fingerprint density at radius 1 is 1.53 bits per heavy atom. The quantitative estimate of drug-likeness (QED) is 0.821. The van der Waals surface area contributed by atoms with Crippen LogP contribution in [0.25, 0.3) is 0 Å². The first-order chi connectivity index (χ1) is 7.89. The number of nitrogens with zero attached hydrogens (tertiary/aromatic N) is 1. The molecule has 2 N–H and O–H groups in total. The number of aromatic nitrogens is 1.